The number of rotatable bonds is 6. The normalized spacial score (nSPS) is 17.7. The molecule has 23 heavy (non-hydrogen) atoms. The molecule has 0 bridgehead atoms. The second-order valence-electron chi connectivity index (χ2n) is 6.48. The van der Waals surface area contributed by atoms with Crippen LogP contribution in [0.25, 0.3) is 0 Å². The van der Waals surface area contributed by atoms with E-state index in [4.69, 9.17) is 5.73 Å². The second-order valence-corrected chi connectivity index (χ2v) is 6.48. The van der Waals surface area contributed by atoms with Gasteiger partial charge in [0, 0.05) is 12.0 Å². The number of carbonyl (C=O) groups excluding carboxylic acids is 1. The first-order valence-electron chi connectivity index (χ1n) is 8.34. The fourth-order valence-electron chi connectivity index (χ4n) is 3.74. The third kappa shape index (κ3) is 3.45. The van der Waals surface area contributed by atoms with Crippen molar-refractivity contribution in [1.29, 1.82) is 0 Å². The van der Waals surface area contributed by atoms with Crippen LogP contribution in [0.2, 0.25) is 0 Å². The number of amides is 1. The molecule has 1 aliphatic carbocycles. The predicted octanol–water partition coefficient (Wildman–Crippen LogP) is 3.31. The number of nitrogens with two attached hydrogens (primary N) is 1. The highest BCUT2D eigenvalue weighted by Gasteiger charge is 2.36. The highest BCUT2D eigenvalue weighted by atomic mass is 16.1. The zero-order valence-electron chi connectivity index (χ0n) is 13.4. The molecule has 2 aromatic rings. The quantitative estimate of drug-likeness (QED) is 0.860. The van der Waals surface area contributed by atoms with Crippen molar-refractivity contribution < 1.29 is 4.79 Å². The number of hydrogen-bond acceptors (Lipinski definition) is 2. The van der Waals surface area contributed by atoms with Crippen LogP contribution in [0.4, 0.5) is 0 Å². The molecular formula is C20H24N2O. The Labute approximate surface area is 137 Å². The lowest BCUT2D eigenvalue weighted by molar-refractivity contribution is -0.120. The molecule has 0 spiro atoms. The summed E-state index contributed by atoms with van der Waals surface area (Å²) < 4.78 is 0. The maximum atomic E-state index is 11.9. The summed E-state index contributed by atoms with van der Waals surface area (Å²) >= 11 is 0. The summed E-state index contributed by atoms with van der Waals surface area (Å²) in [6.45, 7) is 0.777. The Morgan fingerprint density at radius 1 is 1.00 bits per heavy atom. The predicted molar refractivity (Wildman–Crippen MR) is 93.0 cm³/mol. The van der Waals surface area contributed by atoms with Gasteiger partial charge in [-0.25, -0.2) is 0 Å². The van der Waals surface area contributed by atoms with Gasteiger partial charge in [-0.3, -0.25) is 4.79 Å². The van der Waals surface area contributed by atoms with Crippen molar-refractivity contribution >= 4 is 5.91 Å². The van der Waals surface area contributed by atoms with E-state index in [0.29, 0.717) is 0 Å². The maximum Gasteiger partial charge on any atom is 0.239 e. The molecule has 2 aromatic carbocycles. The molecule has 0 aromatic heterocycles. The zero-order chi connectivity index (χ0) is 16.1. The van der Waals surface area contributed by atoms with Crippen molar-refractivity contribution in [3.05, 3.63) is 71.8 Å². The van der Waals surface area contributed by atoms with Crippen LogP contribution >= 0.6 is 0 Å². The third-order valence-electron chi connectivity index (χ3n) is 5.01. The summed E-state index contributed by atoms with van der Waals surface area (Å²) in [6.07, 6.45) is 4.79. The molecule has 0 saturated heterocycles. The summed E-state index contributed by atoms with van der Waals surface area (Å²) in [5.74, 6) is -0.322. The van der Waals surface area contributed by atoms with Crippen molar-refractivity contribution in [2.75, 3.05) is 6.54 Å². The molecule has 1 unspecified atom stereocenters. The Bertz CT molecular complexity index is 633. The molecule has 0 heterocycles. The smallest absolute Gasteiger partial charge is 0.239 e. The lowest BCUT2D eigenvalue weighted by atomic mass is 9.78. The van der Waals surface area contributed by atoms with Crippen LogP contribution in [0.5, 0.6) is 0 Å². The molecule has 120 valence electrons. The zero-order valence-corrected chi connectivity index (χ0v) is 13.4. The van der Waals surface area contributed by atoms with Crippen molar-refractivity contribution in [1.82, 2.24) is 5.32 Å². The van der Waals surface area contributed by atoms with E-state index >= 15 is 0 Å². The van der Waals surface area contributed by atoms with Crippen molar-refractivity contribution in [3.63, 3.8) is 0 Å². The number of nitrogens with one attached hydrogen (secondary N) is 1. The second kappa shape index (κ2) is 6.97. The van der Waals surface area contributed by atoms with Gasteiger partial charge in [0.1, 0.15) is 6.04 Å². The number of primary amides is 1. The summed E-state index contributed by atoms with van der Waals surface area (Å²) in [5, 5.41) is 3.44. The molecule has 0 radical (unpaired) electrons. The maximum absolute atomic E-state index is 11.9. The molecule has 0 aliphatic heterocycles. The Morgan fingerprint density at radius 3 is 2.13 bits per heavy atom. The van der Waals surface area contributed by atoms with Gasteiger partial charge in [-0.15, -0.1) is 0 Å². The van der Waals surface area contributed by atoms with Gasteiger partial charge in [-0.1, -0.05) is 73.5 Å². The minimum atomic E-state index is -0.433. The number of hydrogen-bond donors (Lipinski definition) is 2. The van der Waals surface area contributed by atoms with Gasteiger partial charge in [0.25, 0.3) is 0 Å². The van der Waals surface area contributed by atoms with Crippen molar-refractivity contribution in [3.8, 4) is 0 Å². The Hall–Kier alpha value is -2.13. The molecule has 1 fully saturated rings. The molecule has 3 heteroatoms. The first-order chi connectivity index (χ1) is 11.2. The first kappa shape index (κ1) is 15.8. The van der Waals surface area contributed by atoms with Gasteiger partial charge in [0.2, 0.25) is 5.91 Å². The lowest BCUT2D eigenvalue weighted by Gasteiger charge is -2.32. The van der Waals surface area contributed by atoms with Gasteiger partial charge in [0.05, 0.1) is 0 Å². The summed E-state index contributed by atoms with van der Waals surface area (Å²) in [5.41, 5.74) is 8.04. The van der Waals surface area contributed by atoms with E-state index in [9.17, 15) is 4.79 Å². The monoisotopic (exact) mass is 308 g/mol. The largest absolute Gasteiger partial charge is 0.368 e. The van der Waals surface area contributed by atoms with Crippen LogP contribution in [0.3, 0.4) is 0 Å². The van der Waals surface area contributed by atoms with Crippen LogP contribution in [-0.2, 0) is 10.2 Å². The average molecular weight is 308 g/mol. The van der Waals surface area contributed by atoms with Crippen molar-refractivity contribution in [2.45, 2.75) is 37.1 Å². The molecule has 3 nitrogen and oxygen atoms in total. The first-order valence-corrected chi connectivity index (χ1v) is 8.34. The van der Waals surface area contributed by atoms with Gasteiger partial charge in [-0.2, -0.15) is 0 Å². The van der Waals surface area contributed by atoms with Crippen LogP contribution in [-0.4, -0.2) is 12.5 Å². The van der Waals surface area contributed by atoms with Crippen LogP contribution < -0.4 is 11.1 Å². The third-order valence-corrected chi connectivity index (χ3v) is 5.01. The minimum absolute atomic E-state index is 0.115. The summed E-state index contributed by atoms with van der Waals surface area (Å²) in [7, 11) is 0. The Morgan fingerprint density at radius 2 is 1.57 bits per heavy atom. The molecular weight excluding hydrogens is 284 g/mol. The Balaban J connectivity index is 1.80. The SMILES string of the molecule is NC(=O)C(NCC1(c2ccccc2)CCCC1)c1ccccc1. The highest BCUT2D eigenvalue weighted by Crippen LogP contribution is 2.40. The number of benzene rings is 2. The fraction of sp³-hybridized carbons (Fsp3) is 0.350. The summed E-state index contributed by atoms with van der Waals surface area (Å²) in [4.78, 5) is 11.9. The molecule has 1 amide bonds. The Kier molecular flexibility index (Phi) is 4.77. The molecule has 3 N–H and O–H groups in total. The fourth-order valence-corrected chi connectivity index (χ4v) is 3.74. The molecule has 3 rings (SSSR count). The average Bonchev–Trinajstić information content (AvgIpc) is 3.07. The van der Waals surface area contributed by atoms with E-state index in [1.54, 1.807) is 0 Å². The highest BCUT2D eigenvalue weighted by molar-refractivity contribution is 5.81. The van der Waals surface area contributed by atoms with E-state index in [0.717, 1.165) is 24.9 Å². The van der Waals surface area contributed by atoms with Gasteiger partial charge < -0.3 is 11.1 Å². The van der Waals surface area contributed by atoms with Gasteiger partial charge >= 0.3 is 0 Å². The van der Waals surface area contributed by atoms with E-state index < -0.39 is 6.04 Å². The number of carbonyl (C=O) groups is 1. The van der Waals surface area contributed by atoms with E-state index in [2.05, 4.69) is 35.6 Å². The lowest BCUT2D eigenvalue weighted by Crippen LogP contribution is -2.42. The van der Waals surface area contributed by atoms with Crippen LogP contribution in [0.15, 0.2) is 60.7 Å². The van der Waals surface area contributed by atoms with E-state index in [-0.39, 0.29) is 11.3 Å². The van der Waals surface area contributed by atoms with E-state index in [1.165, 1.54) is 18.4 Å². The van der Waals surface area contributed by atoms with Crippen molar-refractivity contribution in [2.24, 2.45) is 5.73 Å². The molecule has 1 atom stereocenters. The van der Waals surface area contributed by atoms with Gasteiger partial charge in [0.15, 0.2) is 0 Å². The molecule has 1 aliphatic rings. The minimum Gasteiger partial charge on any atom is -0.368 e. The topological polar surface area (TPSA) is 55.1 Å². The standard InChI is InChI=1S/C20H24N2O/c21-19(23)18(16-9-3-1-4-10-16)22-15-20(13-7-8-14-20)17-11-5-2-6-12-17/h1-6,9-12,18,22H,7-8,13-15H2,(H2,21,23). The van der Waals surface area contributed by atoms with Gasteiger partial charge in [-0.05, 0) is 24.0 Å². The summed E-state index contributed by atoms with van der Waals surface area (Å²) in [6, 6.07) is 19.9. The van der Waals surface area contributed by atoms with E-state index in [1.807, 2.05) is 30.3 Å². The molecule has 1 saturated carbocycles. The van der Waals surface area contributed by atoms with Crippen LogP contribution in [0.1, 0.15) is 42.9 Å². The van der Waals surface area contributed by atoms with Crippen LogP contribution in [0, 0.1) is 0 Å².